The molecule has 0 spiro atoms. The Balaban J connectivity index is 1.45. The molecule has 1 aliphatic rings. The number of para-hydroxylation sites is 1. The van der Waals surface area contributed by atoms with Crippen LogP contribution in [-0.4, -0.2) is 47.1 Å². The summed E-state index contributed by atoms with van der Waals surface area (Å²) in [6.07, 6.45) is 6.04. The zero-order chi connectivity index (χ0) is 29.8. The van der Waals surface area contributed by atoms with Gasteiger partial charge in [0, 0.05) is 49.5 Å². The third-order valence-corrected chi connectivity index (χ3v) is 8.08. The van der Waals surface area contributed by atoms with Gasteiger partial charge in [-0.1, -0.05) is 102 Å². The molecule has 1 fully saturated rings. The summed E-state index contributed by atoms with van der Waals surface area (Å²) >= 11 is 0. The number of phenolic OH excluding ortho intramolecular Hbond substituents is 1. The zero-order valence-corrected chi connectivity index (χ0v) is 25.9. The van der Waals surface area contributed by atoms with Crippen molar-refractivity contribution < 1.29 is 9.90 Å². The molecule has 3 aromatic rings. The van der Waals surface area contributed by atoms with Crippen LogP contribution in [0.4, 0.5) is 10.5 Å². The Morgan fingerprint density at radius 1 is 0.902 bits per heavy atom. The van der Waals surface area contributed by atoms with Crippen LogP contribution in [-0.2, 0) is 17.4 Å². The van der Waals surface area contributed by atoms with Crippen LogP contribution < -0.4 is 5.32 Å². The monoisotopic (exact) mass is 553 g/mol. The van der Waals surface area contributed by atoms with Crippen LogP contribution in [0.1, 0.15) is 82.2 Å². The first kappa shape index (κ1) is 30.4. The molecule has 0 radical (unpaired) electrons. The van der Waals surface area contributed by atoms with E-state index in [9.17, 15) is 9.90 Å². The van der Waals surface area contributed by atoms with Gasteiger partial charge in [-0.25, -0.2) is 4.79 Å². The number of urea groups is 1. The first-order valence-electron chi connectivity index (χ1n) is 14.8. The first-order chi connectivity index (χ1) is 19.3. The van der Waals surface area contributed by atoms with Gasteiger partial charge < -0.3 is 15.3 Å². The van der Waals surface area contributed by atoms with Crippen LogP contribution >= 0.6 is 0 Å². The number of benzene rings is 3. The molecule has 1 aliphatic heterocycles. The Hall–Kier alpha value is -3.57. The first-order valence-corrected chi connectivity index (χ1v) is 14.8. The third-order valence-electron chi connectivity index (χ3n) is 8.08. The average Bonchev–Trinajstić information content (AvgIpc) is 2.92. The average molecular weight is 554 g/mol. The lowest BCUT2D eigenvalue weighted by Crippen LogP contribution is -2.46. The van der Waals surface area contributed by atoms with Gasteiger partial charge in [0.05, 0.1) is 0 Å². The van der Waals surface area contributed by atoms with Gasteiger partial charge in [-0.3, -0.25) is 4.90 Å². The summed E-state index contributed by atoms with van der Waals surface area (Å²) in [6, 6.07) is 22.7. The molecule has 0 aromatic heterocycles. The number of phenols is 1. The maximum atomic E-state index is 13.3. The minimum atomic E-state index is -0.192. The molecule has 5 heteroatoms. The van der Waals surface area contributed by atoms with Crippen LogP contribution in [0.25, 0.3) is 12.2 Å². The highest BCUT2D eigenvalue weighted by Crippen LogP contribution is 2.40. The number of nitrogens with one attached hydrogen (secondary N) is 1. The summed E-state index contributed by atoms with van der Waals surface area (Å²) < 4.78 is 0. The Labute approximate surface area is 246 Å². The molecule has 41 heavy (non-hydrogen) atoms. The van der Waals surface area contributed by atoms with E-state index in [1.54, 1.807) is 0 Å². The van der Waals surface area contributed by atoms with Gasteiger partial charge in [-0.15, -0.1) is 0 Å². The van der Waals surface area contributed by atoms with Crippen molar-refractivity contribution in [3.05, 3.63) is 94.5 Å². The number of aromatic hydroxyl groups is 1. The van der Waals surface area contributed by atoms with Crippen molar-refractivity contribution in [3.63, 3.8) is 0 Å². The maximum Gasteiger partial charge on any atom is 0.321 e. The van der Waals surface area contributed by atoms with Gasteiger partial charge in [0.2, 0.25) is 0 Å². The predicted octanol–water partition coefficient (Wildman–Crippen LogP) is 8.29. The van der Waals surface area contributed by atoms with Crippen molar-refractivity contribution in [2.45, 2.75) is 77.8 Å². The lowest BCUT2D eigenvalue weighted by molar-refractivity contribution is 0.137. The Kier molecular flexibility index (Phi) is 9.28. The van der Waals surface area contributed by atoms with E-state index < -0.39 is 0 Å². The second kappa shape index (κ2) is 12.5. The van der Waals surface area contributed by atoms with Crippen molar-refractivity contribution in [1.29, 1.82) is 0 Å². The maximum absolute atomic E-state index is 13.3. The number of likely N-dealkylation sites (tertiary alicyclic amines) is 1. The number of carbonyl (C=O) groups excluding carboxylic acids is 1. The molecule has 0 atom stereocenters. The molecule has 4 rings (SSSR count). The number of carbonyl (C=O) groups is 1. The summed E-state index contributed by atoms with van der Waals surface area (Å²) in [7, 11) is 1.91. The molecule has 0 saturated carbocycles. The summed E-state index contributed by atoms with van der Waals surface area (Å²) in [6.45, 7) is 15.7. The molecule has 5 nitrogen and oxygen atoms in total. The standard InChI is InChI=1S/C36H47N3O2/c1-35(2,3)30-23-27(24-31(33(30)40)36(4,5)6)17-18-28-15-11-12-16-32(28)37-34(41)38(7)29-19-21-39(22-20-29)25-26-13-9-8-10-14-26/h8-18,23-24,29,40H,19-22,25H2,1-7H3,(H,37,41)/b18-17+. The molecule has 2 amide bonds. The SMILES string of the molecule is CN(C(=O)Nc1ccccc1/C=C/c1cc(C(C)(C)C)c(O)c(C(C)(C)C)c1)C1CCN(Cc2ccccc2)CC1. The molecule has 1 heterocycles. The molecule has 0 unspecified atom stereocenters. The Morgan fingerprint density at radius 2 is 1.46 bits per heavy atom. The van der Waals surface area contributed by atoms with E-state index in [1.165, 1.54) is 5.56 Å². The van der Waals surface area contributed by atoms with E-state index in [2.05, 4.69) is 100 Å². The second-order valence-electron chi connectivity index (χ2n) is 13.4. The highest BCUT2D eigenvalue weighted by Gasteiger charge is 2.27. The summed E-state index contributed by atoms with van der Waals surface area (Å²) in [4.78, 5) is 17.6. The van der Waals surface area contributed by atoms with Crippen molar-refractivity contribution in [3.8, 4) is 5.75 Å². The largest absolute Gasteiger partial charge is 0.507 e. The number of piperidine rings is 1. The van der Waals surface area contributed by atoms with Gasteiger partial charge in [0.25, 0.3) is 0 Å². The van der Waals surface area contributed by atoms with Gasteiger partial charge in [-0.05, 0) is 58.6 Å². The van der Waals surface area contributed by atoms with Crippen LogP contribution in [0, 0.1) is 0 Å². The van der Waals surface area contributed by atoms with Crippen LogP contribution in [0.2, 0.25) is 0 Å². The van der Waals surface area contributed by atoms with Crippen molar-refractivity contribution in [1.82, 2.24) is 9.80 Å². The van der Waals surface area contributed by atoms with Crippen molar-refractivity contribution >= 4 is 23.9 Å². The minimum absolute atomic E-state index is 0.0815. The van der Waals surface area contributed by atoms with E-state index in [4.69, 9.17) is 0 Å². The summed E-state index contributed by atoms with van der Waals surface area (Å²) in [5.74, 6) is 0.378. The predicted molar refractivity (Wildman–Crippen MR) is 172 cm³/mol. The number of nitrogens with zero attached hydrogens (tertiary/aromatic N) is 2. The lowest BCUT2D eigenvalue weighted by atomic mass is 9.78. The molecule has 2 N–H and O–H groups in total. The summed E-state index contributed by atoms with van der Waals surface area (Å²) in [5.41, 5.74) is 5.56. The highest BCUT2D eigenvalue weighted by molar-refractivity contribution is 5.92. The second-order valence-corrected chi connectivity index (χ2v) is 13.4. The number of anilines is 1. The fourth-order valence-corrected chi connectivity index (χ4v) is 5.51. The van der Waals surface area contributed by atoms with Crippen LogP contribution in [0.3, 0.4) is 0 Å². The van der Waals surface area contributed by atoms with E-state index in [0.29, 0.717) is 5.75 Å². The van der Waals surface area contributed by atoms with Gasteiger partial charge in [0.15, 0.2) is 0 Å². The molecule has 0 aliphatic carbocycles. The smallest absolute Gasteiger partial charge is 0.321 e. The van der Waals surface area contributed by atoms with E-state index >= 15 is 0 Å². The third kappa shape index (κ3) is 7.80. The molecule has 218 valence electrons. The number of amides is 2. The van der Waals surface area contributed by atoms with Crippen LogP contribution in [0.5, 0.6) is 5.75 Å². The van der Waals surface area contributed by atoms with E-state index in [0.717, 1.165) is 60.4 Å². The fourth-order valence-electron chi connectivity index (χ4n) is 5.51. The normalized spacial score (nSPS) is 15.3. The van der Waals surface area contributed by atoms with Crippen LogP contribution in [0.15, 0.2) is 66.7 Å². The highest BCUT2D eigenvalue weighted by atomic mass is 16.3. The van der Waals surface area contributed by atoms with E-state index in [-0.39, 0.29) is 22.9 Å². The Morgan fingerprint density at radius 3 is 2.05 bits per heavy atom. The molecule has 0 bridgehead atoms. The molecular weight excluding hydrogens is 506 g/mol. The molecule has 1 saturated heterocycles. The zero-order valence-electron chi connectivity index (χ0n) is 25.9. The van der Waals surface area contributed by atoms with Crippen molar-refractivity contribution in [2.75, 3.05) is 25.5 Å². The number of rotatable bonds is 6. The number of hydrogen-bond acceptors (Lipinski definition) is 3. The molecular formula is C36H47N3O2. The van der Waals surface area contributed by atoms with Gasteiger partial charge >= 0.3 is 6.03 Å². The minimum Gasteiger partial charge on any atom is -0.507 e. The number of hydrogen-bond donors (Lipinski definition) is 2. The Bertz CT molecular complexity index is 1320. The topological polar surface area (TPSA) is 55.8 Å². The van der Waals surface area contributed by atoms with Gasteiger partial charge in [0.1, 0.15) is 5.75 Å². The van der Waals surface area contributed by atoms with Gasteiger partial charge in [-0.2, -0.15) is 0 Å². The summed E-state index contributed by atoms with van der Waals surface area (Å²) in [5, 5.41) is 14.2. The van der Waals surface area contributed by atoms with Crippen molar-refractivity contribution in [2.24, 2.45) is 0 Å². The fraction of sp³-hybridized carbons (Fsp3) is 0.417. The quantitative estimate of drug-likeness (QED) is 0.302. The van der Waals surface area contributed by atoms with E-state index in [1.807, 2.05) is 42.3 Å². The molecule has 3 aromatic carbocycles. The lowest BCUT2D eigenvalue weighted by Gasteiger charge is -2.36.